The summed E-state index contributed by atoms with van der Waals surface area (Å²) in [5.74, 6) is 1.30. The van der Waals surface area contributed by atoms with E-state index < -0.39 is 0 Å². The maximum absolute atomic E-state index is 5.47. The minimum Gasteiger partial charge on any atom is -0.381 e. The molecule has 1 saturated heterocycles. The molecule has 66 valence electrons. The molecule has 0 saturated carbocycles. The summed E-state index contributed by atoms with van der Waals surface area (Å²) in [6.45, 7) is 3.33. The first-order valence-electron chi connectivity index (χ1n) is 4.15. The summed E-state index contributed by atoms with van der Waals surface area (Å²) < 4.78 is 10.6. The fourth-order valence-corrected chi connectivity index (χ4v) is 1.33. The van der Waals surface area contributed by atoms with Crippen molar-refractivity contribution in [1.82, 2.24) is 0 Å². The molecule has 1 aliphatic heterocycles. The van der Waals surface area contributed by atoms with E-state index in [0.29, 0.717) is 18.4 Å². The van der Waals surface area contributed by atoms with Crippen molar-refractivity contribution in [2.75, 3.05) is 32.3 Å². The van der Waals surface area contributed by atoms with Crippen LogP contribution in [0.1, 0.15) is 12.8 Å². The maximum atomic E-state index is 5.47. The molecule has 1 heterocycles. The Bertz CT molecular complexity index is 92.1. The minimum absolute atomic E-state index is 0.600. The summed E-state index contributed by atoms with van der Waals surface area (Å²) in [5.41, 5.74) is 0. The van der Waals surface area contributed by atoms with Crippen molar-refractivity contribution in [3.63, 3.8) is 0 Å². The van der Waals surface area contributed by atoms with Crippen molar-refractivity contribution in [2.45, 2.75) is 12.8 Å². The van der Waals surface area contributed by atoms with E-state index in [1.165, 1.54) is 0 Å². The maximum Gasteiger partial charge on any atom is 0.0601 e. The van der Waals surface area contributed by atoms with Gasteiger partial charge in [0, 0.05) is 25.7 Å². The average molecular weight is 179 g/mol. The molecule has 0 radical (unpaired) electrons. The largest absolute Gasteiger partial charge is 0.381 e. The van der Waals surface area contributed by atoms with Crippen molar-refractivity contribution < 1.29 is 9.47 Å². The topological polar surface area (TPSA) is 18.5 Å². The minimum atomic E-state index is 0.600. The van der Waals surface area contributed by atoms with Crippen molar-refractivity contribution in [3.05, 3.63) is 0 Å². The van der Waals surface area contributed by atoms with E-state index in [1.54, 1.807) is 0 Å². The number of rotatable bonds is 4. The van der Waals surface area contributed by atoms with Crippen LogP contribution in [0.2, 0.25) is 0 Å². The Balaban J connectivity index is 1.96. The van der Waals surface area contributed by atoms with Crippen LogP contribution in [0.4, 0.5) is 0 Å². The lowest BCUT2D eigenvalue weighted by Gasteiger charge is -2.21. The molecule has 0 aliphatic carbocycles. The van der Waals surface area contributed by atoms with Crippen LogP contribution in [-0.4, -0.2) is 32.3 Å². The van der Waals surface area contributed by atoms with Gasteiger partial charge in [-0.3, -0.25) is 0 Å². The van der Waals surface area contributed by atoms with Gasteiger partial charge in [0.15, 0.2) is 0 Å². The molecule has 0 atom stereocenters. The van der Waals surface area contributed by atoms with Crippen LogP contribution in [0.25, 0.3) is 0 Å². The highest BCUT2D eigenvalue weighted by atomic mass is 35.5. The molecule has 1 fully saturated rings. The second kappa shape index (κ2) is 5.81. The summed E-state index contributed by atoms with van der Waals surface area (Å²) >= 11 is 5.47. The summed E-state index contributed by atoms with van der Waals surface area (Å²) in [4.78, 5) is 0. The lowest BCUT2D eigenvalue weighted by atomic mass is 10.0. The van der Waals surface area contributed by atoms with Crippen LogP contribution >= 0.6 is 11.6 Å². The zero-order chi connectivity index (χ0) is 7.94. The SMILES string of the molecule is ClCCOCC1CCOCC1. The molecule has 0 amide bonds. The highest BCUT2D eigenvalue weighted by molar-refractivity contribution is 6.17. The van der Waals surface area contributed by atoms with E-state index in [0.717, 1.165) is 32.7 Å². The average Bonchev–Trinajstić information content (AvgIpc) is 2.07. The van der Waals surface area contributed by atoms with Gasteiger partial charge in [0.2, 0.25) is 0 Å². The molecule has 0 unspecified atom stereocenters. The number of alkyl halides is 1. The predicted molar refractivity (Wildman–Crippen MR) is 45.1 cm³/mol. The Kier molecular flexibility index (Phi) is 4.91. The van der Waals surface area contributed by atoms with Gasteiger partial charge in [-0.1, -0.05) is 0 Å². The molecular weight excluding hydrogens is 164 g/mol. The monoisotopic (exact) mass is 178 g/mol. The quantitative estimate of drug-likeness (QED) is 0.482. The second-order valence-electron chi connectivity index (χ2n) is 2.82. The van der Waals surface area contributed by atoms with Crippen molar-refractivity contribution >= 4 is 11.6 Å². The van der Waals surface area contributed by atoms with Crippen LogP contribution < -0.4 is 0 Å². The lowest BCUT2D eigenvalue weighted by Crippen LogP contribution is -2.20. The molecule has 1 aliphatic rings. The third-order valence-electron chi connectivity index (χ3n) is 1.92. The first kappa shape index (κ1) is 9.30. The smallest absolute Gasteiger partial charge is 0.0601 e. The van der Waals surface area contributed by atoms with Gasteiger partial charge < -0.3 is 9.47 Å². The molecule has 1 rings (SSSR count). The second-order valence-corrected chi connectivity index (χ2v) is 3.20. The summed E-state index contributed by atoms with van der Waals surface area (Å²) in [7, 11) is 0. The van der Waals surface area contributed by atoms with Crippen molar-refractivity contribution in [3.8, 4) is 0 Å². The van der Waals surface area contributed by atoms with Gasteiger partial charge in [-0.05, 0) is 18.8 Å². The first-order valence-corrected chi connectivity index (χ1v) is 4.68. The zero-order valence-electron chi connectivity index (χ0n) is 6.72. The lowest BCUT2D eigenvalue weighted by molar-refractivity contribution is 0.0242. The molecule has 0 N–H and O–H groups in total. The fourth-order valence-electron chi connectivity index (χ4n) is 1.22. The third kappa shape index (κ3) is 3.94. The van der Waals surface area contributed by atoms with E-state index in [2.05, 4.69) is 0 Å². The molecule has 0 spiro atoms. The van der Waals surface area contributed by atoms with Gasteiger partial charge in [-0.15, -0.1) is 11.6 Å². The van der Waals surface area contributed by atoms with E-state index in [-0.39, 0.29) is 0 Å². The molecule has 0 aromatic carbocycles. The molecule has 0 aromatic rings. The molecule has 3 heteroatoms. The van der Waals surface area contributed by atoms with E-state index in [4.69, 9.17) is 21.1 Å². The normalized spacial score (nSPS) is 20.5. The Labute approximate surface area is 72.8 Å². The van der Waals surface area contributed by atoms with E-state index in [9.17, 15) is 0 Å². The highest BCUT2D eigenvalue weighted by Gasteiger charge is 2.12. The predicted octanol–water partition coefficient (Wildman–Crippen LogP) is 1.67. The highest BCUT2D eigenvalue weighted by Crippen LogP contribution is 2.14. The Morgan fingerprint density at radius 1 is 1.36 bits per heavy atom. The van der Waals surface area contributed by atoms with Gasteiger partial charge in [0.05, 0.1) is 6.61 Å². The number of ether oxygens (including phenoxy) is 2. The molecule has 0 bridgehead atoms. The standard InChI is InChI=1S/C8H15ClO2/c9-3-6-11-7-8-1-4-10-5-2-8/h8H,1-7H2. The third-order valence-corrected chi connectivity index (χ3v) is 2.07. The van der Waals surface area contributed by atoms with Gasteiger partial charge in [-0.2, -0.15) is 0 Å². The van der Waals surface area contributed by atoms with E-state index in [1.807, 2.05) is 0 Å². The Morgan fingerprint density at radius 2 is 2.09 bits per heavy atom. The Hall–Kier alpha value is 0.210. The summed E-state index contributed by atoms with van der Waals surface area (Å²) in [6.07, 6.45) is 2.28. The number of halogens is 1. The number of hydrogen-bond acceptors (Lipinski definition) is 2. The fraction of sp³-hybridized carbons (Fsp3) is 1.00. The molecule has 11 heavy (non-hydrogen) atoms. The van der Waals surface area contributed by atoms with Gasteiger partial charge in [-0.25, -0.2) is 0 Å². The van der Waals surface area contributed by atoms with E-state index >= 15 is 0 Å². The van der Waals surface area contributed by atoms with Crippen LogP contribution in [-0.2, 0) is 9.47 Å². The van der Waals surface area contributed by atoms with Gasteiger partial charge >= 0.3 is 0 Å². The van der Waals surface area contributed by atoms with Gasteiger partial charge in [0.1, 0.15) is 0 Å². The summed E-state index contributed by atoms with van der Waals surface area (Å²) in [5, 5.41) is 0. The van der Waals surface area contributed by atoms with Crippen molar-refractivity contribution in [1.29, 1.82) is 0 Å². The van der Waals surface area contributed by atoms with Crippen LogP contribution in [0, 0.1) is 5.92 Å². The first-order chi connectivity index (χ1) is 5.43. The Morgan fingerprint density at radius 3 is 2.73 bits per heavy atom. The van der Waals surface area contributed by atoms with Crippen LogP contribution in [0.5, 0.6) is 0 Å². The van der Waals surface area contributed by atoms with Crippen molar-refractivity contribution in [2.24, 2.45) is 5.92 Å². The van der Waals surface area contributed by atoms with Gasteiger partial charge in [0.25, 0.3) is 0 Å². The van der Waals surface area contributed by atoms with Crippen LogP contribution in [0.3, 0.4) is 0 Å². The molecular formula is C8H15ClO2. The zero-order valence-corrected chi connectivity index (χ0v) is 7.48. The molecule has 0 aromatic heterocycles. The number of hydrogen-bond donors (Lipinski definition) is 0. The van der Waals surface area contributed by atoms with Crippen LogP contribution in [0.15, 0.2) is 0 Å². The summed E-state index contributed by atoms with van der Waals surface area (Å²) in [6, 6.07) is 0. The molecule has 2 nitrogen and oxygen atoms in total.